The fraction of sp³-hybridized carbons (Fsp3) is 0.615. The minimum Gasteiger partial charge on any atom is -0.411 e. The van der Waals surface area contributed by atoms with Crippen molar-refractivity contribution in [2.24, 2.45) is 10.6 Å². The highest BCUT2D eigenvalue weighted by Crippen LogP contribution is 2.41. The van der Waals surface area contributed by atoms with Crippen LogP contribution in [-0.2, 0) is 0 Å². The largest absolute Gasteiger partial charge is 0.411 e. The van der Waals surface area contributed by atoms with Gasteiger partial charge < -0.3 is 10.3 Å². The zero-order valence-corrected chi connectivity index (χ0v) is 10.5. The third kappa shape index (κ3) is 2.35. The fourth-order valence-electron chi connectivity index (χ4n) is 2.44. The first kappa shape index (κ1) is 13.0. The highest BCUT2D eigenvalue weighted by atomic mass is 16.4. The molecule has 90 valence electrons. The van der Waals surface area contributed by atoms with Crippen molar-refractivity contribution in [2.75, 3.05) is 0 Å². The minimum absolute atomic E-state index is 0.0444. The van der Waals surface area contributed by atoms with Crippen LogP contribution in [0.5, 0.6) is 0 Å². The quantitative estimate of drug-likeness (QED) is 0.429. The average Bonchev–Trinajstić information content (AvgIpc) is 2.17. The van der Waals surface area contributed by atoms with Crippen LogP contribution in [0.4, 0.5) is 0 Å². The summed E-state index contributed by atoms with van der Waals surface area (Å²) in [5.74, 6) is 0. The molecule has 0 aliphatic heterocycles. The Balaban J connectivity index is 3.24. The van der Waals surface area contributed by atoms with E-state index in [4.69, 9.17) is 5.21 Å². The summed E-state index contributed by atoms with van der Waals surface area (Å²) >= 11 is 0. The van der Waals surface area contributed by atoms with Gasteiger partial charge in [-0.2, -0.15) is 0 Å². The lowest BCUT2D eigenvalue weighted by molar-refractivity contribution is 0.214. The molecule has 16 heavy (non-hydrogen) atoms. The second kappa shape index (κ2) is 4.83. The van der Waals surface area contributed by atoms with E-state index in [-0.39, 0.29) is 5.41 Å². The fourth-order valence-corrected chi connectivity index (χ4v) is 2.44. The van der Waals surface area contributed by atoms with Crippen LogP contribution < -0.4 is 0 Å². The minimum atomic E-state index is -0.586. The van der Waals surface area contributed by atoms with Gasteiger partial charge in [-0.05, 0) is 43.3 Å². The maximum atomic E-state index is 10.1. The molecule has 1 rings (SSSR count). The van der Waals surface area contributed by atoms with Gasteiger partial charge in [0.25, 0.3) is 0 Å². The molecule has 0 amide bonds. The number of aliphatic hydroxyl groups is 1. The van der Waals surface area contributed by atoms with Gasteiger partial charge in [0.2, 0.25) is 0 Å². The predicted molar refractivity (Wildman–Crippen MR) is 65.8 cm³/mol. The average molecular weight is 223 g/mol. The molecule has 0 aromatic rings. The molecular formula is C13H21NO2. The number of allylic oxidation sites excluding steroid dienone is 2. The van der Waals surface area contributed by atoms with Gasteiger partial charge in [-0.1, -0.05) is 31.2 Å². The lowest BCUT2D eigenvalue weighted by atomic mass is 9.70. The Morgan fingerprint density at radius 2 is 2.06 bits per heavy atom. The van der Waals surface area contributed by atoms with Crippen molar-refractivity contribution in [2.45, 2.75) is 46.6 Å². The van der Waals surface area contributed by atoms with Crippen LogP contribution in [0.3, 0.4) is 0 Å². The van der Waals surface area contributed by atoms with E-state index in [2.05, 4.69) is 19.0 Å². The SMILES string of the molecule is CC=CC(O)C1=C(C)C(=NO)CCC1(C)C. The second-order valence-corrected chi connectivity index (χ2v) is 4.94. The van der Waals surface area contributed by atoms with Gasteiger partial charge >= 0.3 is 0 Å². The second-order valence-electron chi connectivity index (χ2n) is 4.94. The first-order chi connectivity index (χ1) is 7.44. The van der Waals surface area contributed by atoms with Gasteiger partial charge in [-0.15, -0.1) is 0 Å². The molecule has 1 aliphatic rings. The number of rotatable bonds is 2. The maximum absolute atomic E-state index is 10.1. The Morgan fingerprint density at radius 1 is 1.44 bits per heavy atom. The molecule has 0 spiro atoms. The summed E-state index contributed by atoms with van der Waals surface area (Å²) < 4.78 is 0. The van der Waals surface area contributed by atoms with Crippen molar-refractivity contribution in [1.82, 2.24) is 0 Å². The van der Waals surface area contributed by atoms with Crippen molar-refractivity contribution in [1.29, 1.82) is 0 Å². The van der Waals surface area contributed by atoms with E-state index in [0.29, 0.717) is 5.71 Å². The van der Waals surface area contributed by atoms with Crippen LogP contribution in [0.1, 0.15) is 40.5 Å². The standard InChI is InChI=1S/C13H21NO2/c1-5-6-11(15)12-9(2)10(14-16)7-8-13(12,3)4/h5-6,11,15-16H,7-8H2,1-4H3. The highest BCUT2D eigenvalue weighted by molar-refractivity contribution is 6.01. The maximum Gasteiger partial charge on any atom is 0.0943 e. The lowest BCUT2D eigenvalue weighted by Crippen LogP contribution is -2.31. The molecule has 1 unspecified atom stereocenters. The van der Waals surface area contributed by atoms with E-state index in [9.17, 15) is 5.11 Å². The van der Waals surface area contributed by atoms with E-state index in [1.165, 1.54) is 0 Å². The summed E-state index contributed by atoms with van der Waals surface area (Å²) in [6, 6.07) is 0. The lowest BCUT2D eigenvalue weighted by Gasteiger charge is -2.36. The Kier molecular flexibility index (Phi) is 3.92. The van der Waals surface area contributed by atoms with Crippen molar-refractivity contribution < 1.29 is 10.3 Å². The van der Waals surface area contributed by atoms with E-state index in [1.807, 2.05) is 19.9 Å². The van der Waals surface area contributed by atoms with Gasteiger partial charge in [0.1, 0.15) is 0 Å². The number of aliphatic hydroxyl groups excluding tert-OH is 1. The summed E-state index contributed by atoms with van der Waals surface area (Å²) in [7, 11) is 0. The molecule has 0 saturated heterocycles. The molecular weight excluding hydrogens is 202 g/mol. The van der Waals surface area contributed by atoms with Crippen LogP contribution in [0.25, 0.3) is 0 Å². The summed E-state index contributed by atoms with van der Waals surface area (Å²) in [6.45, 7) is 8.04. The highest BCUT2D eigenvalue weighted by Gasteiger charge is 2.34. The molecule has 2 N–H and O–H groups in total. The third-order valence-corrected chi connectivity index (χ3v) is 3.34. The van der Waals surface area contributed by atoms with Gasteiger partial charge in [0, 0.05) is 0 Å². The van der Waals surface area contributed by atoms with E-state index in [1.54, 1.807) is 6.08 Å². The molecule has 0 aromatic heterocycles. The monoisotopic (exact) mass is 223 g/mol. The summed E-state index contributed by atoms with van der Waals surface area (Å²) in [5.41, 5.74) is 2.53. The van der Waals surface area contributed by atoms with Crippen LogP contribution in [-0.4, -0.2) is 22.1 Å². The van der Waals surface area contributed by atoms with Crippen molar-refractivity contribution in [3.05, 3.63) is 23.3 Å². The third-order valence-electron chi connectivity index (χ3n) is 3.34. The molecule has 1 atom stereocenters. The molecule has 0 bridgehead atoms. The molecule has 1 aliphatic carbocycles. The Bertz CT molecular complexity index is 351. The van der Waals surface area contributed by atoms with Crippen molar-refractivity contribution in [3.8, 4) is 0 Å². The first-order valence-electron chi connectivity index (χ1n) is 5.67. The first-order valence-corrected chi connectivity index (χ1v) is 5.67. The van der Waals surface area contributed by atoms with E-state index in [0.717, 1.165) is 24.0 Å². The van der Waals surface area contributed by atoms with Gasteiger partial charge in [0.05, 0.1) is 11.8 Å². The van der Waals surface area contributed by atoms with Gasteiger partial charge in [-0.25, -0.2) is 0 Å². The zero-order chi connectivity index (χ0) is 12.3. The predicted octanol–water partition coefficient (Wildman–Crippen LogP) is 2.89. The summed E-state index contributed by atoms with van der Waals surface area (Å²) in [4.78, 5) is 0. The van der Waals surface area contributed by atoms with E-state index < -0.39 is 6.10 Å². The number of nitrogens with zero attached hydrogens (tertiary/aromatic N) is 1. The van der Waals surface area contributed by atoms with Crippen molar-refractivity contribution in [3.63, 3.8) is 0 Å². The summed E-state index contributed by atoms with van der Waals surface area (Å²) in [6.07, 6.45) is 4.68. The topological polar surface area (TPSA) is 52.8 Å². The van der Waals surface area contributed by atoms with E-state index >= 15 is 0 Å². The molecule has 0 aromatic carbocycles. The number of hydrogen-bond acceptors (Lipinski definition) is 3. The van der Waals surface area contributed by atoms with Crippen LogP contribution in [0, 0.1) is 5.41 Å². The molecule has 0 saturated carbocycles. The number of hydrogen-bond donors (Lipinski definition) is 2. The molecule has 0 heterocycles. The molecule has 0 radical (unpaired) electrons. The van der Waals surface area contributed by atoms with Gasteiger partial charge in [-0.3, -0.25) is 0 Å². The zero-order valence-electron chi connectivity index (χ0n) is 10.5. The Morgan fingerprint density at radius 3 is 2.56 bits per heavy atom. The van der Waals surface area contributed by atoms with Crippen LogP contribution in [0.2, 0.25) is 0 Å². The molecule has 3 nitrogen and oxygen atoms in total. The Labute approximate surface area is 97.2 Å². The molecule has 3 heteroatoms. The summed E-state index contributed by atoms with van der Waals surface area (Å²) in [5, 5.41) is 22.3. The van der Waals surface area contributed by atoms with Crippen LogP contribution >= 0.6 is 0 Å². The van der Waals surface area contributed by atoms with Gasteiger partial charge in [0.15, 0.2) is 0 Å². The Hall–Kier alpha value is -1.09. The van der Waals surface area contributed by atoms with Crippen molar-refractivity contribution >= 4 is 5.71 Å². The van der Waals surface area contributed by atoms with Crippen LogP contribution in [0.15, 0.2) is 28.5 Å². The number of oxime groups is 1. The molecule has 0 fully saturated rings. The smallest absolute Gasteiger partial charge is 0.0943 e. The normalized spacial score (nSPS) is 25.4.